The number of likely N-dealkylation sites (N-methyl/N-ethyl adjacent to an activating group) is 2. The lowest BCUT2D eigenvalue weighted by atomic mass is 9.86. The highest BCUT2D eigenvalue weighted by atomic mass is 32.2. The van der Waals surface area contributed by atoms with E-state index in [2.05, 4.69) is 0 Å². The fourth-order valence-corrected chi connectivity index (χ4v) is 11.8. The van der Waals surface area contributed by atoms with Crippen LogP contribution in [0.25, 0.3) is 0 Å². The first-order valence-corrected chi connectivity index (χ1v) is 31.4. The van der Waals surface area contributed by atoms with E-state index in [4.69, 9.17) is 55.6 Å². The van der Waals surface area contributed by atoms with Crippen molar-refractivity contribution in [2.75, 3.05) is 110 Å². The van der Waals surface area contributed by atoms with E-state index in [9.17, 15) is 35.5 Å². The molecule has 0 amide bonds. The predicted octanol–water partition coefficient (Wildman–Crippen LogP) is 9.64. The van der Waals surface area contributed by atoms with E-state index in [0.29, 0.717) is 97.4 Å². The number of quaternary nitrogens is 2. The van der Waals surface area contributed by atoms with Crippen LogP contribution in [0.1, 0.15) is 92.2 Å². The number of methoxy groups -OCH3 is 8. The summed E-state index contributed by atoms with van der Waals surface area (Å²) in [6, 6.07) is 31.8. The molecule has 8 rings (SSSR count). The van der Waals surface area contributed by atoms with Crippen LogP contribution in [0.4, 0.5) is 0 Å². The Bertz CT molecular complexity index is 3480. The lowest BCUT2D eigenvalue weighted by molar-refractivity contribution is -0.940. The minimum absolute atomic E-state index is 0.0224. The fourth-order valence-electron chi connectivity index (χ4n) is 10.8. The maximum Gasteiger partial charge on any atom is 0.311 e. The van der Waals surface area contributed by atoms with Crippen LogP contribution < -0.4 is 37.9 Å². The Labute approximate surface area is 527 Å². The maximum absolute atomic E-state index is 13.4. The molecule has 0 radical (unpaired) electrons. The Hall–Kier alpha value is -7.60. The van der Waals surface area contributed by atoms with Crippen molar-refractivity contribution in [2.45, 2.75) is 86.1 Å². The molecule has 478 valence electrons. The van der Waals surface area contributed by atoms with Gasteiger partial charge in [-0.3, -0.25) is 9.59 Å². The lowest BCUT2D eigenvalue weighted by Gasteiger charge is -2.46. The van der Waals surface area contributed by atoms with Crippen LogP contribution in [0, 0.1) is 0 Å². The monoisotopic (exact) mass is 1260 g/mol. The second-order valence-corrected chi connectivity index (χ2v) is 23.7. The number of nitrogens with zero attached hydrogens (tertiary/aromatic N) is 2. The summed E-state index contributed by atoms with van der Waals surface area (Å²) in [6.45, 7) is -4.11. The van der Waals surface area contributed by atoms with Crippen molar-refractivity contribution in [1.82, 2.24) is 0 Å². The third-order valence-electron chi connectivity index (χ3n) is 15.6. The summed E-state index contributed by atoms with van der Waals surface area (Å²) in [7, 11) is 3.92. The van der Waals surface area contributed by atoms with E-state index in [-0.39, 0.29) is 71.0 Å². The molecule has 0 aromatic heterocycles. The molecule has 20 nitrogen and oxygen atoms in total. The Balaban J connectivity index is 0.000000592. The number of carbonyl (C=O) groups excluding carboxylic acids is 2. The lowest BCUT2D eigenvalue weighted by Crippen LogP contribution is -2.53. The first-order chi connectivity index (χ1) is 44.6. The summed E-state index contributed by atoms with van der Waals surface area (Å²) < 4.78 is 171. The Morgan fingerprint density at radius 2 is 0.784 bits per heavy atom. The van der Waals surface area contributed by atoms with Gasteiger partial charge in [0, 0.05) is 36.8 Å². The van der Waals surface area contributed by atoms with E-state index in [1.807, 2.05) is 48.5 Å². The van der Waals surface area contributed by atoms with E-state index in [1.54, 1.807) is 81.1 Å². The fraction of sp³-hybridized carbons (Fsp3) is 0.424. The van der Waals surface area contributed by atoms with Crippen LogP contribution in [0.15, 0.2) is 131 Å². The Morgan fingerprint density at radius 3 is 1.09 bits per heavy atom. The second-order valence-electron chi connectivity index (χ2n) is 21.0. The molecule has 6 aromatic rings. The van der Waals surface area contributed by atoms with Gasteiger partial charge in [-0.15, -0.1) is 0 Å². The highest BCUT2D eigenvalue weighted by molar-refractivity contribution is 7.86. The first kappa shape index (κ1) is 60.7. The van der Waals surface area contributed by atoms with Gasteiger partial charge in [-0.05, 0) is 121 Å². The summed E-state index contributed by atoms with van der Waals surface area (Å²) in [5.41, 5.74) is 5.21. The van der Waals surface area contributed by atoms with Gasteiger partial charge in [-0.1, -0.05) is 48.5 Å². The van der Waals surface area contributed by atoms with Gasteiger partial charge in [-0.2, -0.15) is 0 Å². The van der Waals surface area contributed by atoms with Crippen LogP contribution in [0.5, 0.6) is 46.0 Å². The molecular weight excluding hydrogens is 1170 g/mol. The van der Waals surface area contributed by atoms with Crippen molar-refractivity contribution in [3.8, 4) is 46.0 Å². The largest absolute Gasteiger partial charge is 0.744 e. The van der Waals surface area contributed by atoms with Gasteiger partial charge in [0.15, 0.2) is 46.0 Å². The third-order valence-corrected chi connectivity index (χ3v) is 17.3. The standard InChI is InChI=1S/C54H74N2O12.2C6H6O3S/c1-55(23-19-39-33-49(63-7)51(65-9)35-41(39)43(55)29-37-15-17-45(59-3)47(31-37)61-5)25-21-53(57)67-27-13-11-12-14-28-68-54(58)22-26-56(2)24-20-40-34-50(64-8)52(66-10)36-42(40)44(56)30-38-16-18-46(60-4)48(32-38)62-6;2*7-10(8,9)6-4-2-1-3-5-6/h15-18,31-36,43-44H,11-14,19-30H2,1-10H3;2*1-5H,(H,7,8,9)/q+2;;/p-2/t43-,44-,55-,56-;;/m1../s1/i1D3,2D3;;. The van der Waals surface area contributed by atoms with Crippen molar-refractivity contribution in [3.63, 3.8) is 0 Å². The quantitative estimate of drug-likeness (QED) is 0.0202. The van der Waals surface area contributed by atoms with Crippen molar-refractivity contribution in [3.05, 3.63) is 155 Å². The Morgan fingerprint density at radius 1 is 0.455 bits per heavy atom. The molecule has 0 spiro atoms. The number of hydrogen-bond acceptors (Lipinski definition) is 18. The van der Waals surface area contributed by atoms with E-state index in [1.165, 1.54) is 48.5 Å². The van der Waals surface area contributed by atoms with Gasteiger partial charge in [-0.25, -0.2) is 16.8 Å². The number of ether oxygens (including phenoxy) is 10. The zero-order valence-electron chi connectivity index (χ0n) is 57.1. The minimum atomic E-state index is -4.25. The van der Waals surface area contributed by atoms with Crippen LogP contribution >= 0.6 is 0 Å². The molecule has 2 aliphatic rings. The van der Waals surface area contributed by atoms with Crippen molar-refractivity contribution < 1.29 is 100 Å². The molecule has 0 fully saturated rings. The number of unbranched alkanes of at least 4 members (excludes halogenated alkanes) is 3. The van der Waals surface area contributed by atoms with Crippen molar-refractivity contribution in [2.24, 2.45) is 0 Å². The molecule has 0 saturated carbocycles. The van der Waals surface area contributed by atoms with E-state index < -0.39 is 58.2 Å². The van der Waals surface area contributed by atoms with Crippen LogP contribution in [0.2, 0.25) is 0 Å². The average molecular weight is 1260 g/mol. The Kier molecular flexibility index (Phi) is 22.5. The topological polar surface area (TPSA) is 241 Å². The number of benzene rings is 6. The molecule has 0 aliphatic carbocycles. The van der Waals surface area contributed by atoms with E-state index in [0.717, 1.165) is 33.4 Å². The summed E-state index contributed by atoms with van der Waals surface area (Å²) in [4.78, 5) is 26.3. The second kappa shape index (κ2) is 32.6. The van der Waals surface area contributed by atoms with Crippen LogP contribution in [-0.2, 0) is 65.0 Å². The zero-order valence-corrected chi connectivity index (χ0v) is 52.7. The average Bonchev–Trinajstić information content (AvgIpc) is 0.743. The molecule has 2 heterocycles. The number of rotatable bonds is 27. The van der Waals surface area contributed by atoms with Gasteiger partial charge in [0.25, 0.3) is 0 Å². The normalized spacial score (nSPS) is 18.9. The molecule has 0 bridgehead atoms. The van der Waals surface area contributed by atoms with Gasteiger partial charge in [0.2, 0.25) is 0 Å². The van der Waals surface area contributed by atoms with Gasteiger partial charge in [0.1, 0.15) is 32.3 Å². The maximum atomic E-state index is 13.4. The third kappa shape index (κ3) is 19.0. The van der Waals surface area contributed by atoms with Crippen molar-refractivity contribution >= 4 is 32.2 Å². The van der Waals surface area contributed by atoms with Crippen molar-refractivity contribution in [1.29, 1.82) is 0 Å². The summed E-state index contributed by atoms with van der Waals surface area (Å²) in [5, 5.41) is 0. The smallest absolute Gasteiger partial charge is 0.311 e. The molecule has 4 atom stereocenters. The molecular formula is C66H84N2O18S2. The predicted molar refractivity (Wildman–Crippen MR) is 329 cm³/mol. The number of esters is 2. The SMILES string of the molecule is O=S(=O)([O-])c1ccccc1.O=S(=O)([O-])c1ccccc1.[2H]C([2H])([2H])[N@+]1(CCC(=O)OCCCCCCOC(=O)CC[N@@+]2(C([2H])([2H])[2H])CCc3cc(OC)c(OC)cc3[C@H]2Cc2ccc(OC)c(OC)c2)CCc2cc(OC)c(OC)cc2[C@H]1Cc1ccc(OC)c(OC)c1. The number of carbonyl (C=O) groups is 2. The van der Waals surface area contributed by atoms with Gasteiger partial charge < -0.3 is 65.4 Å². The van der Waals surface area contributed by atoms with Gasteiger partial charge in [0.05, 0.1) is 141 Å². The highest BCUT2D eigenvalue weighted by Crippen LogP contribution is 2.45. The number of hydrogen-bond donors (Lipinski definition) is 0. The summed E-state index contributed by atoms with van der Waals surface area (Å²) in [5.74, 6) is 3.26. The van der Waals surface area contributed by atoms with Crippen LogP contribution in [0.3, 0.4) is 0 Å². The number of fused-ring (bicyclic) bond motifs is 2. The molecule has 0 N–H and O–H groups in total. The highest BCUT2D eigenvalue weighted by Gasteiger charge is 2.42. The molecule has 0 saturated heterocycles. The molecule has 6 aromatic carbocycles. The molecule has 88 heavy (non-hydrogen) atoms. The zero-order chi connectivity index (χ0) is 69.1. The molecule has 0 unspecified atom stereocenters. The van der Waals surface area contributed by atoms with Gasteiger partial charge >= 0.3 is 11.9 Å². The van der Waals surface area contributed by atoms with Crippen LogP contribution in [-0.4, -0.2) is 157 Å². The summed E-state index contributed by atoms with van der Waals surface area (Å²) in [6.07, 6.45) is 3.87. The molecule has 22 heteroatoms. The first-order valence-electron chi connectivity index (χ1n) is 31.6. The van der Waals surface area contributed by atoms with E-state index >= 15 is 0 Å². The summed E-state index contributed by atoms with van der Waals surface area (Å²) >= 11 is 0. The minimum Gasteiger partial charge on any atom is -0.744 e. The molecule has 2 aliphatic heterocycles.